The van der Waals surface area contributed by atoms with Crippen LogP contribution in [0.4, 0.5) is 5.69 Å². The molecule has 8 heteroatoms. The molecule has 2 aliphatic heterocycles. The Bertz CT molecular complexity index is 690. The van der Waals surface area contributed by atoms with Crippen molar-refractivity contribution in [3.63, 3.8) is 0 Å². The fourth-order valence-electron chi connectivity index (χ4n) is 2.84. The van der Waals surface area contributed by atoms with Crippen LogP contribution in [0.25, 0.3) is 0 Å². The lowest BCUT2D eigenvalue weighted by Crippen LogP contribution is -2.40. The molecular formula is C18H22N2O5S. The number of carbonyl (C=O) groups excluding carboxylic acids is 3. The summed E-state index contributed by atoms with van der Waals surface area (Å²) in [6.07, 6.45) is 0.949. The molecule has 7 nitrogen and oxygen atoms in total. The number of fused-ring (bicyclic) bond motifs is 1. The summed E-state index contributed by atoms with van der Waals surface area (Å²) in [6, 6.07) is 7.42. The van der Waals surface area contributed by atoms with Crippen molar-refractivity contribution in [2.75, 3.05) is 18.5 Å². The maximum Gasteiger partial charge on any atom is 0.308 e. The van der Waals surface area contributed by atoms with Gasteiger partial charge in [-0.3, -0.25) is 14.4 Å². The highest BCUT2D eigenvalue weighted by molar-refractivity contribution is 8.01. The predicted molar refractivity (Wildman–Crippen MR) is 96.9 cm³/mol. The lowest BCUT2D eigenvalue weighted by Gasteiger charge is -2.23. The number of esters is 1. The second-order valence-corrected chi connectivity index (χ2v) is 7.55. The Morgan fingerprint density at radius 3 is 3.00 bits per heavy atom. The van der Waals surface area contributed by atoms with E-state index in [-0.39, 0.29) is 24.3 Å². The lowest BCUT2D eigenvalue weighted by atomic mass is 10.2. The Kier molecular flexibility index (Phi) is 6.16. The summed E-state index contributed by atoms with van der Waals surface area (Å²) in [5, 5.41) is 4.94. The van der Waals surface area contributed by atoms with Crippen LogP contribution in [0.3, 0.4) is 0 Å². The van der Waals surface area contributed by atoms with E-state index in [2.05, 4.69) is 10.6 Å². The van der Waals surface area contributed by atoms with E-state index in [9.17, 15) is 14.4 Å². The number of para-hydroxylation sites is 1. The minimum absolute atomic E-state index is 0.0317. The van der Waals surface area contributed by atoms with Gasteiger partial charge >= 0.3 is 5.97 Å². The van der Waals surface area contributed by atoms with Crippen molar-refractivity contribution in [1.29, 1.82) is 0 Å². The van der Waals surface area contributed by atoms with Gasteiger partial charge in [-0.15, -0.1) is 11.8 Å². The van der Waals surface area contributed by atoms with E-state index in [4.69, 9.17) is 9.47 Å². The zero-order valence-electron chi connectivity index (χ0n) is 14.5. The Hall–Kier alpha value is -2.06. The highest BCUT2D eigenvalue weighted by atomic mass is 32.2. The molecule has 0 aromatic heterocycles. The molecule has 0 aliphatic carbocycles. The number of rotatable bonds is 6. The van der Waals surface area contributed by atoms with Crippen LogP contribution in [0.1, 0.15) is 26.2 Å². The number of nitrogens with one attached hydrogen (secondary N) is 2. The number of carbonyl (C=O) groups is 3. The minimum atomic E-state index is -0.909. The van der Waals surface area contributed by atoms with Crippen molar-refractivity contribution in [2.24, 2.45) is 0 Å². The van der Waals surface area contributed by atoms with E-state index >= 15 is 0 Å². The van der Waals surface area contributed by atoms with Gasteiger partial charge in [-0.2, -0.15) is 0 Å². The van der Waals surface area contributed by atoms with E-state index in [1.807, 2.05) is 24.3 Å². The molecule has 140 valence electrons. The average molecular weight is 378 g/mol. The van der Waals surface area contributed by atoms with Gasteiger partial charge in [0.15, 0.2) is 6.10 Å². The van der Waals surface area contributed by atoms with E-state index in [0.717, 1.165) is 30.0 Å². The minimum Gasteiger partial charge on any atom is -0.453 e. The van der Waals surface area contributed by atoms with Gasteiger partial charge in [-0.05, 0) is 31.9 Å². The summed E-state index contributed by atoms with van der Waals surface area (Å²) < 4.78 is 10.6. The van der Waals surface area contributed by atoms with Crippen molar-refractivity contribution in [1.82, 2.24) is 5.32 Å². The molecule has 3 rings (SSSR count). The third-order valence-corrected chi connectivity index (χ3v) is 5.54. The molecule has 1 aromatic carbocycles. The predicted octanol–water partition coefficient (Wildman–Crippen LogP) is 1.72. The average Bonchev–Trinajstić information content (AvgIpc) is 3.13. The topological polar surface area (TPSA) is 93.7 Å². The highest BCUT2D eigenvalue weighted by Crippen LogP contribution is 2.36. The van der Waals surface area contributed by atoms with Gasteiger partial charge in [-0.25, -0.2) is 0 Å². The maximum absolute atomic E-state index is 12.1. The summed E-state index contributed by atoms with van der Waals surface area (Å²) >= 11 is 1.33. The second kappa shape index (κ2) is 8.55. The molecule has 1 saturated heterocycles. The molecule has 2 amide bonds. The van der Waals surface area contributed by atoms with E-state index in [1.165, 1.54) is 18.7 Å². The van der Waals surface area contributed by atoms with E-state index in [1.54, 1.807) is 0 Å². The van der Waals surface area contributed by atoms with Gasteiger partial charge in [-0.1, -0.05) is 12.1 Å². The van der Waals surface area contributed by atoms with E-state index in [0.29, 0.717) is 6.54 Å². The van der Waals surface area contributed by atoms with Crippen LogP contribution in [0.15, 0.2) is 29.2 Å². The molecule has 0 unspecified atom stereocenters. The number of ether oxygens (including phenoxy) is 2. The first-order valence-corrected chi connectivity index (χ1v) is 9.56. The van der Waals surface area contributed by atoms with Crippen LogP contribution in [0.5, 0.6) is 0 Å². The molecule has 0 bridgehead atoms. The Morgan fingerprint density at radius 2 is 2.23 bits per heavy atom. The highest BCUT2D eigenvalue weighted by Gasteiger charge is 2.30. The number of amides is 2. The zero-order valence-corrected chi connectivity index (χ0v) is 15.3. The summed E-state index contributed by atoms with van der Waals surface area (Å²) in [4.78, 5) is 37.2. The lowest BCUT2D eigenvalue weighted by molar-refractivity contribution is -0.155. The number of benzene rings is 1. The molecule has 3 atom stereocenters. The SMILES string of the molecule is C[C@@H](OC(=O)C[C@H]1Sc2ccccc2NC1=O)C(=O)NC[C@@H]1CCCO1. The van der Waals surface area contributed by atoms with Crippen LogP contribution < -0.4 is 10.6 Å². The fourth-order valence-corrected chi connectivity index (χ4v) is 3.94. The first kappa shape index (κ1) is 18.7. The third kappa shape index (κ3) is 4.76. The van der Waals surface area contributed by atoms with Crippen molar-refractivity contribution in [3.05, 3.63) is 24.3 Å². The zero-order chi connectivity index (χ0) is 18.5. The second-order valence-electron chi connectivity index (χ2n) is 6.31. The van der Waals surface area contributed by atoms with Gasteiger partial charge < -0.3 is 20.1 Å². The maximum atomic E-state index is 12.1. The molecule has 0 radical (unpaired) electrons. The summed E-state index contributed by atoms with van der Waals surface area (Å²) in [6.45, 7) is 2.65. The van der Waals surface area contributed by atoms with Gasteiger partial charge in [0.1, 0.15) is 0 Å². The number of hydrogen-bond acceptors (Lipinski definition) is 6. The van der Waals surface area contributed by atoms with Crippen LogP contribution in [-0.4, -0.2) is 48.4 Å². The monoisotopic (exact) mass is 378 g/mol. The summed E-state index contributed by atoms with van der Waals surface area (Å²) in [5.41, 5.74) is 0.744. The van der Waals surface area contributed by atoms with Gasteiger partial charge in [0.2, 0.25) is 5.91 Å². The first-order chi connectivity index (χ1) is 12.5. The quantitative estimate of drug-likeness (QED) is 0.732. The molecular weight excluding hydrogens is 356 g/mol. The van der Waals surface area contributed by atoms with Crippen LogP contribution in [-0.2, 0) is 23.9 Å². The number of hydrogen-bond donors (Lipinski definition) is 2. The Balaban J connectivity index is 1.45. The normalized spacial score (nSPS) is 22.9. The Labute approximate surface area is 156 Å². The standard InChI is InChI=1S/C18H22N2O5S/c1-11(17(22)19-10-12-5-4-8-24-12)25-16(21)9-15-18(23)20-13-6-2-3-7-14(13)26-15/h2-3,6-7,11-12,15H,4-5,8-10H2,1H3,(H,19,22)(H,20,23)/t11-,12+,15-/m1/s1. The summed E-state index contributed by atoms with van der Waals surface area (Å²) in [5.74, 6) is -1.17. The Morgan fingerprint density at radius 1 is 1.42 bits per heavy atom. The molecule has 1 fully saturated rings. The fraction of sp³-hybridized carbons (Fsp3) is 0.500. The van der Waals surface area contributed by atoms with Crippen molar-refractivity contribution in [2.45, 2.75) is 48.5 Å². The molecule has 2 heterocycles. The molecule has 1 aromatic rings. The van der Waals surface area contributed by atoms with Gasteiger partial charge in [0.25, 0.3) is 5.91 Å². The molecule has 26 heavy (non-hydrogen) atoms. The van der Waals surface area contributed by atoms with Crippen LogP contribution in [0, 0.1) is 0 Å². The van der Waals surface area contributed by atoms with Crippen LogP contribution >= 0.6 is 11.8 Å². The third-order valence-electron chi connectivity index (χ3n) is 4.26. The first-order valence-electron chi connectivity index (χ1n) is 8.68. The molecule has 0 saturated carbocycles. The number of thioether (sulfide) groups is 1. The van der Waals surface area contributed by atoms with Crippen molar-refractivity contribution >= 4 is 35.2 Å². The summed E-state index contributed by atoms with van der Waals surface area (Å²) in [7, 11) is 0. The largest absolute Gasteiger partial charge is 0.453 e. The molecule has 2 N–H and O–H groups in total. The molecule has 0 spiro atoms. The van der Waals surface area contributed by atoms with Gasteiger partial charge in [0, 0.05) is 18.0 Å². The smallest absolute Gasteiger partial charge is 0.308 e. The van der Waals surface area contributed by atoms with Crippen molar-refractivity contribution in [3.8, 4) is 0 Å². The van der Waals surface area contributed by atoms with Gasteiger partial charge in [0.05, 0.1) is 23.5 Å². The van der Waals surface area contributed by atoms with Crippen molar-refractivity contribution < 1.29 is 23.9 Å². The number of anilines is 1. The van der Waals surface area contributed by atoms with E-state index < -0.39 is 17.3 Å². The van der Waals surface area contributed by atoms with Crippen LogP contribution in [0.2, 0.25) is 0 Å². The molecule has 2 aliphatic rings.